The van der Waals surface area contributed by atoms with Crippen LogP contribution in [0.5, 0.6) is 0 Å². The molecule has 0 radical (unpaired) electrons. The lowest BCUT2D eigenvalue weighted by Crippen LogP contribution is -2.60. The maximum absolute atomic E-state index is 15.0. The Balaban J connectivity index is 0.816. The summed E-state index contributed by atoms with van der Waals surface area (Å²) in [5.41, 5.74) is 1.62. The van der Waals surface area contributed by atoms with Crippen LogP contribution >= 0.6 is 18.9 Å². The number of piperidine rings is 1. The summed E-state index contributed by atoms with van der Waals surface area (Å²) >= 11 is 1.07. The molecule has 5 saturated heterocycles. The molecule has 1 spiro atoms. The maximum Gasteiger partial charge on any atom is 0.363 e. The fourth-order valence-corrected chi connectivity index (χ4v) is 13.3. The number of benzene rings is 3. The van der Waals surface area contributed by atoms with Gasteiger partial charge in [0.1, 0.15) is 30.8 Å². The van der Waals surface area contributed by atoms with Gasteiger partial charge in [0.25, 0.3) is 5.91 Å². The number of aromatic nitrogens is 2. The van der Waals surface area contributed by atoms with Gasteiger partial charge in [0.2, 0.25) is 35.4 Å². The second-order valence-corrected chi connectivity index (χ2v) is 25.0. The van der Waals surface area contributed by atoms with Crippen molar-refractivity contribution in [2.24, 2.45) is 17.9 Å². The molecule has 10 rings (SSSR count). The Morgan fingerprint density at radius 3 is 2.44 bits per heavy atom. The predicted octanol–water partition coefficient (Wildman–Crippen LogP) is 4.53. The number of carbonyl (C=O) groups is 6. The van der Waals surface area contributed by atoms with Crippen LogP contribution in [-0.2, 0) is 51.6 Å². The highest BCUT2D eigenvalue weighted by atomic mass is 32.1. The van der Waals surface area contributed by atoms with E-state index in [4.69, 9.17) is 9.47 Å². The molecule has 20 nitrogen and oxygen atoms in total. The number of nitrogens with one attached hydrogen (secondary N) is 2. The number of rotatable bonds is 13. The van der Waals surface area contributed by atoms with Crippen molar-refractivity contribution in [3.8, 4) is 0 Å². The van der Waals surface area contributed by atoms with Crippen molar-refractivity contribution in [2.75, 3.05) is 59.0 Å². The van der Waals surface area contributed by atoms with Gasteiger partial charge in [-0.05, 0) is 90.1 Å². The lowest BCUT2D eigenvalue weighted by atomic mass is 9.85. The number of thiophene rings is 1. The monoisotopic (exact) mass is 1100 g/mol. The van der Waals surface area contributed by atoms with Gasteiger partial charge in [0.05, 0.1) is 35.2 Å². The molecule has 5 fully saturated rings. The number of imidazole rings is 1. The van der Waals surface area contributed by atoms with E-state index >= 15 is 4.79 Å². The summed E-state index contributed by atoms with van der Waals surface area (Å²) in [6.07, 6.45) is 1.05. The smallest absolute Gasteiger partial charge is 0.363 e. The molecule has 6 amide bonds. The highest BCUT2D eigenvalue weighted by Gasteiger charge is 2.50. The molecular weight excluding hydrogens is 1030 g/mol. The molecule has 2 aromatic heterocycles. The molecule has 4 N–H and O–H groups in total. The summed E-state index contributed by atoms with van der Waals surface area (Å²) in [7, 11) is -3.41. The van der Waals surface area contributed by atoms with Crippen molar-refractivity contribution in [1.82, 2.24) is 39.4 Å². The van der Waals surface area contributed by atoms with Crippen molar-refractivity contribution in [3.05, 3.63) is 105 Å². The van der Waals surface area contributed by atoms with Gasteiger partial charge in [0.15, 0.2) is 0 Å². The number of halogens is 1. The first-order chi connectivity index (χ1) is 36.6. The number of carbonyl (C=O) groups excluding carboxylic acids is 6. The predicted molar refractivity (Wildman–Crippen MR) is 282 cm³/mol. The van der Waals surface area contributed by atoms with E-state index in [-0.39, 0.29) is 91.4 Å². The molecule has 1 unspecified atom stereocenters. The van der Waals surface area contributed by atoms with E-state index in [1.54, 1.807) is 32.7 Å². The molecule has 410 valence electrons. The molecule has 5 aliphatic heterocycles. The topological polar surface area (TPSA) is 242 Å². The Kier molecular flexibility index (Phi) is 15.0. The first-order valence-corrected chi connectivity index (χ1v) is 28.5. The maximum atomic E-state index is 15.0. The molecule has 5 aliphatic rings. The van der Waals surface area contributed by atoms with Gasteiger partial charge >= 0.3 is 13.3 Å². The van der Waals surface area contributed by atoms with Crippen LogP contribution in [0.15, 0.2) is 77.6 Å². The van der Waals surface area contributed by atoms with Crippen LogP contribution in [0.4, 0.5) is 4.39 Å². The number of hydrogen-bond donors (Lipinski definition) is 4. The third-order valence-electron chi connectivity index (χ3n) is 16.0. The summed E-state index contributed by atoms with van der Waals surface area (Å²) in [5, 5.41) is 5.65. The fourth-order valence-electron chi connectivity index (χ4n) is 11.8. The van der Waals surface area contributed by atoms with Crippen LogP contribution in [0.1, 0.15) is 97.3 Å². The number of ether oxygens (including phenoxy) is 2. The number of imide groups is 1. The number of alkyl halides is 1. The Bertz CT molecular complexity index is 3260. The SMILES string of the molecule is Cn1c(=O)n(C2CCC(=O)NC2=O)c2ccc(CN3CC[C@]4(CCN(C(=O)CO[C@@H]5CCN(C(=O)[C@@H](NC(=O)c6cc7cc([C@H](F)P(=O)(O)O)ccc7s6)C(C)(C)C)[C@@H]5C(=O)N5CCO[C@H](c6ccccc6)C5)C4)C3)cc21. The van der Waals surface area contributed by atoms with Gasteiger partial charge in [-0.1, -0.05) is 63.2 Å². The van der Waals surface area contributed by atoms with E-state index in [1.807, 2.05) is 53.4 Å². The summed E-state index contributed by atoms with van der Waals surface area (Å²) in [6, 6.07) is 17.8. The first-order valence-electron chi connectivity index (χ1n) is 26.0. The molecule has 5 aromatic rings. The fraction of sp³-hybridized carbons (Fsp3) is 0.500. The molecule has 77 heavy (non-hydrogen) atoms. The lowest BCUT2D eigenvalue weighted by Gasteiger charge is -2.39. The minimum atomic E-state index is -5.08. The molecule has 7 atom stereocenters. The Hall–Kier alpha value is -6.13. The molecule has 7 heterocycles. The van der Waals surface area contributed by atoms with E-state index in [1.165, 1.54) is 38.3 Å². The zero-order valence-corrected chi connectivity index (χ0v) is 45.1. The quantitative estimate of drug-likeness (QED) is 0.0937. The number of fused-ring (bicyclic) bond motifs is 2. The van der Waals surface area contributed by atoms with Crippen molar-refractivity contribution >= 4 is 75.5 Å². The van der Waals surface area contributed by atoms with Crippen LogP contribution in [0.2, 0.25) is 0 Å². The summed E-state index contributed by atoms with van der Waals surface area (Å²) < 4.78 is 42.4. The zero-order chi connectivity index (χ0) is 54.7. The van der Waals surface area contributed by atoms with Crippen LogP contribution in [0.25, 0.3) is 21.1 Å². The second-order valence-electron chi connectivity index (χ2n) is 22.3. The number of likely N-dealkylation sites (tertiary alicyclic amines) is 3. The summed E-state index contributed by atoms with van der Waals surface area (Å²) in [6.45, 7) is 9.14. The van der Waals surface area contributed by atoms with Crippen molar-refractivity contribution < 1.29 is 57.0 Å². The van der Waals surface area contributed by atoms with Gasteiger partial charge < -0.3 is 39.3 Å². The van der Waals surface area contributed by atoms with Gasteiger partial charge in [0, 0.05) is 62.9 Å². The normalized spacial score (nSPS) is 24.3. The third kappa shape index (κ3) is 11.0. The van der Waals surface area contributed by atoms with E-state index in [2.05, 4.69) is 15.5 Å². The van der Waals surface area contributed by atoms with Crippen molar-refractivity contribution in [2.45, 2.75) is 95.7 Å². The van der Waals surface area contributed by atoms with E-state index in [0.717, 1.165) is 48.4 Å². The summed E-state index contributed by atoms with van der Waals surface area (Å²) in [4.78, 5) is 122. The van der Waals surface area contributed by atoms with Crippen molar-refractivity contribution in [3.63, 3.8) is 0 Å². The lowest BCUT2D eigenvalue weighted by molar-refractivity contribution is -0.156. The number of morpholine rings is 1. The van der Waals surface area contributed by atoms with Gasteiger partial charge in [-0.3, -0.25) is 52.7 Å². The zero-order valence-electron chi connectivity index (χ0n) is 43.4. The minimum absolute atomic E-state index is 0.107. The van der Waals surface area contributed by atoms with Crippen LogP contribution in [-0.4, -0.2) is 151 Å². The standard InChI is InChI=1S/C54H64FN8O12PS/c1-53(2,3)46(57-49(67)42-26-35-25-34(11-14-41(35)77-42)47(55)76(71,72)73)51(69)62-19-16-39(45(62)50(68)60-22-23-74-40(28-60)33-8-6-5-7-9-33)75-29-44(65)61-21-18-54(31-61)17-20-59(30-54)27-32-10-12-36-38(24-32)58(4)52(70)63(36)37-13-15-43(64)56-48(37)66/h5-12,14,24-26,37,39-40,45-47H,13,15-23,27-31H2,1-4H3,(H,57,67)(H,56,64,66)(H2,71,72,73)/t37?,39-,40+,45+,46-,47-,54+/m1/s1. The van der Waals surface area contributed by atoms with Gasteiger partial charge in [-0.15, -0.1) is 11.3 Å². The average Bonchev–Trinajstić information content (AvgIpc) is 4.31. The average molecular weight is 1100 g/mol. The summed E-state index contributed by atoms with van der Waals surface area (Å²) in [5.74, 6) is -5.07. The molecule has 0 saturated carbocycles. The Morgan fingerprint density at radius 2 is 1.70 bits per heavy atom. The Morgan fingerprint density at radius 1 is 0.935 bits per heavy atom. The number of aryl methyl sites for hydroxylation is 1. The van der Waals surface area contributed by atoms with E-state index < -0.39 is 67.0 Å². The molecular formula is C54H64FN8O12PS. The third-order valence-corrected chi connectivity index (χ3v) is 18.0. The van der Waals surface area contributed by atoms with Crippen LogP contribution < -0.4 is 16.3 Å². The van der Waals surface area contributed by atoms with Gasteiger partial charge in [-0.2, -0.15) is 0 Å². The number of nitrogens with zero attached hydrogens (tertiary/aromatic N) is 6. The second kappa shape index (κ2) is 21.3. The molecule has 23 heteroatoms. The molecule has 0 aliphatic carbocycles. The largest absolute Gasteiger partial charge is 0.370 e. The first kappa shape index (κ1) is 54.2. The number of hydrogen-bond acceptors (Lipinski definition) is 12. The van der Waals surface area contributed by atoms with E-state index in [9.17, 15) is 47.5 Å². The molecule has 0 bridgehead atoms. The molecule has 3 aromatic carbocycles. The minimum Gasteiger partial charge on any atom is -0.370 e. The van der Waals surface area contributed by atoms with Crippen molar-refractivity contribution in [1.29, 1.82) is 0 Å². The highest BCUT2D eigenvalue weighted by Crippen LogP contribution is 2.53. The Labute approximate surface area is 447 Å². The van der Waals surface area contributed by atoms with Crippen LogP contribution in [0, 0.1) is 10.8 Å². The van der Waals surface area contributed by atoms with Crippen LogP contribution in [0.3, 0.4) is 0 Å². The number of amides is 6. The van der Waals surface area contributed by atoms with E-state index in [0.29, 0.717) is 40.8 Å². The highest BCUT2D eigenvalue weighted by molar-refractivity contribution is 7.51. The van der Waals surface area contributed by atoms with Gasteiger partial charge in [-0.25, -0.2) is 9.18 Å².